The summed E-state index contributed by atoms with van der Waals surface area (Å²) in [6.07, 6.45) is 0.724. The molecule has 2 atom stereocenters. The summed E-state index contributed by atoms with van der Waals surface area (Å²) < 4.78 is 13.6. The molecular formula is C13H19FN2O. The number of amides is 1. The third-order valence-electron chi connectivity index (χ3n) is 2.78. The first kappa shape index (κ1) is 13.6. The molecule has 0 saturated heterocycles. The Balaban J connectivity index is 2.79. The van der Waals surface area contributed by atoms with Gasteiger partial charge in [0.2, 0.25) is 5.91 Å². The number of hydrogen-bond donors (Lipinski definition) is 2. The lowest BCUT2D eigenvalue weighted by Crippen LogP contribution is -2.42. The molecule has 2 N–H and O–H groups in total. The van der Waals surface area contributed by atoms with Gasteiger partial charge < -0.3 is 5.32 Å². The standard InChI is InChI=1S/C13H19FN2O/c1-4-12(16-9(2)13(17)15-3)10-7-5-6-8-11(10)14/h5-9,12,16H,4H2,1-3H3,(H,15,17). The Morgan fingerprint density at radius 1 is 1.41 bits per heavy atom. The molecule has 94 valence electrons. The third kappa shape index (κ3) is 3.53. The first-order chi connectivity index (χ1) is 8.10. The van der Waals surface area contributed by atoms with Gasteiger partial charge in [0, 0.05) is 18.7 Å². The summed E-state index contributed by atoms with van der Waals surface area (Å²) >= 11 is 0. The minimum atomic E-state index is -0.343. The molecule has 0 aliphatic heterocycles. The van der Waals surface area contributed by atoms with Gasteiger partial charge >= 0.3 is 0 Å². The highest BCUT2D eigenvalue weighted by Crippen LogP contribution is 2.20. The molecule has 0 spiro atoms. The maximum absolute atomic E-state index is 13.6. The van der Waals surface area contributed by atoms with E-state index in [0.717, 1.165) is 6.42 Å². The van der Waals surface area contributed by atoms with Gasteiger partial charge in [0.1, 0.15) is 5.82 Å². The minimum absolute atomic E-state index is 0.0974. The lowest BCUT2D eigenvalue weighted by atomic mass is 10.0. The molecule has 0 radical (unpaired) electrons. The molecule has 4 heteroatoms. The minimum Gasteiger partial charge on any atom is -0.358 e. The molecule has 0 aromatic heterocycles. The number of hydrogen-bond acceptors (Lipinski definition) is 2. The van der Waals surface area contributed by atoms with E-state index in [1.807, 2.05) is 6.92 Å². The van der Waals surface area contributed by atoms with Crippen molar-refractivity contribution in [2.45, 2.75) is 32.4 Å². The number of likely N-dealkylation sites (N-methyl/N-ethyl adjacent to an activating group) is 1. The maximum Gasteiger partial charge on any atom is 0.236 e. The van der Waals surface area contributed by atoms with Crippen LogP contribution in [0.25, 0.3) is 0 Å². The highest BCUT2D eigenvalue weighted by atomic mass is 19.1. The topological polar surface area (TPSA) is 41.1 Å². The highest BCUT2D eigenvalue weighted by molar-refractivity contribution is 5.80. The second-order valence-corrected chi connectivity index (χ2v) is 3.98. The Bertz CT molecular complexity index is 381. The molecule has 0 bridgehead atoms. The molecule has 0 aliphatic rings. The van der Waals surface area contributed by atoms with E-state index in [4.69, 9.17) is 0 Å². The van der Waals surface area contributed by atoms with E-state index >= 15 is 0 Å². The average molecular weight is 238 g/mol. The summed E-state index contributed by atoms with van der Waals surface area (Å²) in [6.45, 7) is 3.73. The molecule has 0 aliphatic carbocycles. The number of benzene rings is 1. The van der Waals surface area contributed by atoms with Gasteiger partial charge in [-0.3, -0.25) is 10.1 Å². The van der Waals surface area contributed by atoms with Crippen LogP contribution in [0.3, 0.4) is 0 Å². The van der Waals surface area contributed by atoms with Gasteiger partial charge in [0.15, 0.2) is 0 Å². The van der Waals surface area contributed by atoms with Crippen LogP contribution in [-0.4, -0.2) is 19.0 Å². The van der Waals surface area contributed by atoms with Crippen molar-refractivity contribution in [1.82, 2.24) is 10.6 Å². The molecule has 1 rings (SSSR count). The van der Waals surface area contributed by atoms with Crippen LogP contribution in [0, 0.1) is 5.82 Å². The van der Waals surface area contributed by atoms with Crippen LogP contribution in [0.2, 0.25) is 0 Å². The van der Waals surface area contributed by atoms with Crippen LogP contribution < -0.4 is 10.6 Å². The first-order valence-electron chi connectivity index (χ1n) is 5.82. The van der Waals surface area contributed by atoms with Gasteiger partial charge in [0.25, 0.3) is 0 Å². The van der Waals surface area contributed by atoms with Crippen LogP contribution in [0.4, 0.5) is 4.39 Å². The monoisotopic (exact) mass is 238 g/mol. The fourth-order valence-electron chi connectivity index (χ4n) is 1.78. The molecule has 1 aromatic rings. The van der Waals surface area contributed by atoms with Crippen molar-refractivity contribution in [3.05, 3.63) is 35.6 Å². The number of nitrogens with one attached hydrogen (secondary N) is 2. The molecule has 1 amide bonds. The number of carbonyl (C=O) groups excluding carboxylic acids is 1. The highest BCUT2D eigenvalue weighted by Gasteiger charge is 2.18. The van der Waals surface area contributed by atoms with E-state index in [0.29, 0.717) is 5.56 Å². The number of carbonyl (C=O) groups is 1. The fourth-order valence-corrected chi connectivity index (χ4v) is 1.78. The predicted octanol–water partition coefficient (Wildman–Crippen LogP) is 2.00. The maximum atomic E-state index is 13.6. The van der Waals surface area contributed by atoms with E-state index < -0.39 is 0 Å². The van der Waals surface area contributed by atoms with Crippen molar-refractivity contribution in [2.24, 2.45) is 0 Å². The molecule has 1 aromatic carbocycles. The van der Waals surface area contributed by atoms with Gasteiger partial charge in [-0.25, -0.2) is 4.39 Å². The van der Waals surface area contributed by atoms with Crippen LogP contribution in [0.5, 0.6) is 0 Å². The van der Waals surface area contributed by atoms with Crippen molar-refractivity contribution in [2.75, 3.05) is 7.05 Å². The molecule has 17 heavy (non-hydrogen) atoms. The van der Waals surface area contributed by atoms with Gasteiger partial charge in [0.05, 0.1) is 6.04 Å². The van der Waals surface area contributed by atoms with Crippen molar-refractivity contribution in [3.63, 3.8) is 0 Å². The van der Waals surface area contributed by atoms with E-state index in [1.54, 1.807) is 32.2 Å². The summed E-state index contributed by atoms with van der Waals surface area (Å²) in [5, 5.41) is 5.69. The number of rotatable bonds is 5. The van der Waals surface area contributed by atoms with Crippen LogP contribution in [0.1, 0.15) is 31.9 Å². The lowest BCUT2D eigenvalue weighted by molar-refractivity contribution is -0.122. The average Bonchev–Trinajstić information content (AvgIpc) is 2.35. The predicted molar refractivity (Wildman–Crippen MR) is 66.1 cm³/mol. The van der Waals surface area contributed by atoms with Crippen LogP contribution >= 0.6 is 0 Å². The zero-order valence-corrected chi connectivity index (χ0v) is 10.5. The second kappa shape index (κ2) is 6.35. The van der Waals surface area contributed by atoms with Crippen molar-refractivity contribution < 1.29 is 9.18 Å². The molecular weight excluding hydrogens is 219 g/mol. The third-order valence-corrected chi connectivity index (χ3v) is 2.78. The normalized spacial score (nSPS) is 14.1. The summed E-state index contributed by atoms with van der Waals surface area (Å²) in [5.74, 6) is -0.337. The Morgan fingerprint density at radius 3 is 2.59 bits per heavy atom. The quantitative estimate of drug-likeness (QED) is 0.823. The van der Waals surface area contributed by atoms with Crippen LogP contribution in [-0.2, 0) is 4.79 Å². The first-order valence-corrected chi connectivity index (χ1v) is 5.82. The fraction of sp³-hybridized carbons (Fsp3) is 0.462. The van der Waals surface area contributed by atoms with Gasteiger partial charge in [-0.05, 0) is 19.4 Å². The molecule has 2 unspecified atom stereocenters. The number of halogens is 1. The van der Waals surface area contributed by atoms with Crippen molar-refractivity contribution in [1.29, 1.82) is 0 Å². The van der Waals surface area contributed by atoms with Gasteiger partial charge in [-0.1, -0.05) is 25.1 Å². The molecule has 0 heterocycles. The molecule has 0 fully saturated rings. The second-order valence-electron chi connectivity index (χ2n) is 3.98. The summed E-state index contributed by atoms with van der Waals surface area (Å²) in [7, 11) is 1.59. The summed E-state index contributed by atoms with van der Waals surface area (Å²) in [6, 6.07) is 6.14. The van der Waals surface area contributed by atoms with Crippen LogP contribution in [0.15, 0.2) is 24.3 Å². The Labute approximate surface area is 101 Å². The molecule has 3 nitrogen and oxygen atoms in total. The van der Waals surface area contributed by atoms with E-state index in [2.05, 4.69) is 10.6 Å². The van der Waals surface area contributed by atoms with E-state index in [1.165, 1.54) is 6.07 Å². The Hall–Kier alpha value is -1.42. The smallest absolute Gasteiger partial charge is 0.236 e. The zero-order valence-electron chi connectivity index (χ0n) is 10.5. The molecule has 0 saturated carbocycles. The van der Waals surface area contributed by atoms with Gasteiger partial charge in [-0.2, -0.15) is 0 Å². The summed E-state index contributed by atoms with van der Waals surface area (Å²) in [4.78, 5) is 11.4. The van der Waals surface area contributed by atoms with Gasteiger partial charge in [-0.15, -0.1) is 0 Å². The van der Waals surface area contributed by atoms with E-state index in [-0.39, 0.29) is 23.8 Å². The Kier molecular flexibility index (Phi) is 5.10. The Morgan fingerprint density at radius 2 is 2.06 bits per heavy atom. The largest absolute Gasteiger partial charge is 0.358 e. The lowest BCUT2D eigenvalue weighted by Gasteiger charge is -2.22. The summed E-state index contributed by atoms with van der Waals surface area (Å²) in [5.41, 5.74) is 0.603. The zero-order chi connectivity index (χ0) is 12.8. The SMILES string of the molecule is CCC(NC(C)C(=O)NC)c1ccccc1F. The van der Waals surface area contributed by atoms with E-state index in [9.17, 15) is 9.18 Å². The van der Waals surface area contributed by atoms with Crippen molar-refractivity contribution in [3.8, 4) is 0 Å². The van der Waals surface area contributed by atoms with Crippen molar-refractivity contribution >= 4 is 5.91 Å².